The Labute approximate surface area is 126 Å². The molecule has 2 aliphatic heterocycles. The number of nitrogens with zero attached hydrogens (tertiary/aromatic N) is 1. The summed E-state index contributed by atoms with van der Waals surface area (Å²) in [6.45, 7) is 8.51. The molecule has 0 aromatic rings. The molecule has 120 valence electrons. The molecular weight excluding hydrogens is 270 g/mol. The smallest absolute Gasteiger partial charge is 0.242 e. The van der Waals surface area contributed by atoms with E-state index in [1.165, 1.54) is 0 Å². The van der Waals surface area contributed by atoms with Gasteiger partial charge in [-0.05, 0) is 19.8 Å². The molecule has 2 rings (SSSR count). The number of likely N-dealkylation sites (tertiary alicyclic amines) is 1. The summed E-state index contributed by atoms with van der Waals surface area (Å²) in [5.41, 5.74) is 0. The van der Waals surface area contributed by atoms with Crippen molar-refractivity contribution in [3.8, 4) is 0 Å². The molecule has 0 saturated carbocycles. The number of carbonyl (C=O) groups is 2. The van der Waals surface area contributed by atoms with Crippen LogP contribution >= 0.6 is 0 Å². The van der Waals surface area contributed by atoms with Crippen LogP contribution in [0.5, 0.6) is 0 Å². The summed E-state index contributed by atoms with van der Waals surface area (Å²) >= 11 is 0. The van der Waals surface area contributed by atoms with Crippen LogP contribution in [0.15, 0.2) is 0 Å². The van der Waals surface area contributed by atoms with Gasteiger partial charge in [0.1, 0.15) is 6.04 Å². The molecule has 2 fully saturated rings. The van der Waals surface area contributed by atoms with E-state index in [0.717, 1.165) is 19.4 Å². The lowest BCUT2D eigenvalue weighted by Crippen LogP contribution is -2.58. The molecule has 2 N–H and O–H groups in total. The average molecular weight is 297 g/mol. The molecule has 0 bridgehead atoms. The van der Waals surface area contributed by atoms with Crippen molar-refractivity contribution in [1.82, 2.24) is 15.5 Å². The normalized spacial score (nSPS) is 27.7. The molecule has 2 saturated heterocycles. The van der Waals surface area contributed by atoms with Crippen LogP contribution in [-0.2, 0) is 14.3 Å². The molecule has 6 heteroatoms. The Morgan fingerprint density at radius 3 is 2.52 bits per heavy atom. The number of rotatable bonds is 3. The molecule has 0 spiro atoms. The van der Waals surface area contributed by atoms with Crippen LogP contribution < -0.4 is 10.6 Å². The standard InChI is InChI=1S/C15H27N3O3/c1-10(2)14(19)17-12-4-7-18(8-5-12)15(20)13-11(3)21-9-6-16-13/h10-13,16H,4-9H2,1-3H3,(H,17,19)/t11-,13+/m1/s1. The Kier molecular flexibility index (Phi) is 5.58. The van der Waals surface area contributed by atoms with E-state index in [1.54, 1.807) is 0 Å². The second-order valence-electron chi connectivity index (χ2n) is 6.27. The molecule has 0 aromatic heterocycles. The van der Waals surface area contributed by atoms with Crippen molar-refractivity contribution in [1.29, 1.82) is 0 Å². The minimum atomic E-state index is -0.236. The summed E-state index contributed by atoms with van der Waals surface area (Å²) in [4.78, 5) is 26.1. The quantitative estimate of drug-likeness (QED) is 0.777. The van der Waals surface area contributed by atoms with Crippen molar-refractivity contribution in [3.63, 3.8) is 0 Å². The molecule has 2 atom stereocenters. The highest BCUT2D eigenvalue weighted by molar-refractivity contribution is 5.83. The van der Waals surface area contributed by atoms with Crippen LogP contribution in [0, 0.1) is 5.92 Å². The van der Waals surface area contributed by atoms with Gasteiger partial charge in [0.2, 0.25) is 11.8 Å². The highest BCUT2D eigenvalue weighted by Gasteiger charge is 2.33. The third-order valence-electron chi connectivity index (χ3n) is 4.26. The Morgan fingerprint density at radius 2 is 1.95 bits per heavy atom. The molecule has 2 amide bonds. The largest absolute Gasteiger partial charge is 0.375 e. The van der Waals surface area contributed by atoms with Crippen LogP contribution in [0.1, 0.15) is 33.6 Å². The van der Waals surface area contributed by atoms with Crippen molar-refractivity contribution in [2.24, 2.45) is 5.92 Å². The van der Waals surface area contributed by atoms with Crippen LogP contribution in [0.2, 0.25) is 0 Å². The first-order chi connectivity index (χ1) is 9.99. The zero-order valence-corrected chi connectivity index (χ0v) is 13.2. The van der Waals surface area contributed by atoms with Crippen molar-refractivity contribution in [2.75, 3.05) is 26.2 Å². The molecule has 21 heavy (non-hydrogen) atoms. The van der Waals surface area contributed by atoms with Gasteiger partial charge in [0.05, 0.1) is 12.7 Å². The van der Waals surface area contributed by atoms with Gasteiger partial charge in [-0.25, -0.2) is 0 Å². The fraction of sp³-hybridized carbons (Fsp3) is 0.867. The van der Waals surface area contributed by atoms with E-state index >= 15 is 0 Å². The molecule has 0 aromatic carbocycles. The van der Waals surface area contributed by atoms with E-state index in [1.807, 2.05) is 25.7 Å². The number of nitrogens with one attached hydrogen (secondary N) is 2. The molecule has 0 aliphatic carbocycles. The highest BCUT2D eigenvalue weighted by Crippen LogP contribution is 2.15. The summed E-state index contributed by atoms with van der Waals surface area (Å²) in [6, 6.07) is -0.0440. The lowest BCUT2D eigenvalue weighted by atomic mass is 10.0. The second-order valence-corrected chi connectivity index (χ2v) is 6.27. The first kappa shape index (κ1) is 16.2. The maximum atomic E-state index is 12.5. The van der Waals surface area contributed by atoms with Crippen molar-refractivity contribution in [2.45, 2.75) is 51.8 Å². The number of hydrogen-bond acceptors (Lipinski definition) is 4. The van der Waals surface area contributed by atoms with E-state index in [0.29, 0.717) is 19.7 Å². The fourth-order valence-corrected chi connectivity index (χ4v) is 2.82. The van der Waals surface area contributed by atoms with E-state index in [4.69, 9.17) is 4.74 Å². The van der Waals surface area contributed by atoms with Crippen LogP contribution in [-0.4, -0.2) is 61.1 Å². The van der Waals surface area contributed by atoms with Gasteiger partial charge in [-0.15, -0.1) is 0 Å². The first-order valence-corrected chi connectivity index (χ1v) is 7.93. The lowest BCUT2D eigenvalue weighted by molar-refractivity contribution is -0.140. The Balaban J connectivity index is 1.80. The van der Waals surface area contributed by atoms with Crippen LogP contribution in [0.25, 0.3) is 0 Å². The van der Waals surface area contributed by atoms with E-state index < -0.39 is 0 Å². The van der Waals surface area contributed by atoms with Crippen molar-refractivity contribution in [3.05, 3.63) is 0 Å². The molecule has 0 unspecified atom stereocenters. The summed E-state index contributed by atoms with van der Waals surface area (Å²) in [6.07, 6.45) is 1.57. The molecule has 0 radical (unpaired) electrons. The minimum Gasteiger partial charge on any atom is -0.375 e. The van der Waals surface area contributed by atoms with Gasteiger partial charge in [-0.3, -0.25) is 9.59 Å². The van der Waals surface area contributed by atoms with Gasteiger partial charge in [0.25, 0.3) is 0 Å². The van der Waals surface area contributed by atoms with Crippen molar-refractivity contribution < 1.29 is 14.3 Å². The summed E-state index contributed by atoms with van der Waals surface area (Å²) < 4.78 is 5.54. The SMILES string of the molecule is CC(C)C(=O)NC1CCN(C(=O)[C@H]2NCCO[C@@H]2C)CC1. The van der Waals surface area contributed by atoms with Gasteiger partial charge in [0.15, 0.2) is 0 Å². The number of hydrogen-bond donors (Lipinski definition) is 2. The van der Waals surface area contributed by atoms with Gasteiger partial charge in [-0.1, -0.05) is 13.8 Å². The van der Waals surface area contributed by atoms with Crippen LogP contribution in [0.4, 0.5) is 0 Å². The maximum Gasteiger partial charge on any atom is 0.242 e. The van der Waals surface area contributed by atoms with E-state index in [-0.39, 0.29) is 35.9 Å². The minimum absolute atomic E-state index is 0.00842. The topological polar surface area (TPSA) is 70.7 Å². The Morgan fingerprint density at radius 1 is 1.29 bits per heavy atom. The third kappa shape index (κ3) is 4.17. The Hall–Kier alpha value is -1.14. The maximum absolute atomic E-state index is 12.5. The molecular formula is C15H27N3O3. The first-order valence-electron chi connectivity index (χ1n) is 7.93. The zero-order chi connectivity index (χ0) is 15.4. The van der Waals surface area contributed by atoms with Gasteiger partial charge < -0.3 is 20.3 Å². The third-order valence-corrected chi connectivity index (χ3v) is 4.26. The highest BCUT2D eigenvalue weighted by atomic mass is 16.5. The number of morpholine rings is 1. The lowest BCUT2D eigenvalue weighted by Gasteiger charge is -2.37. The Bertz CT molecular complexity index is 378. The van der Waals surface area contributed by atoms with E-state index in [9.17, 15) is 9.59 Å². The summed E-state index contributed by atoms with van der Waals surface area (Å²) in [5, 5.41) is 6.29. The predicted molar refractivity (Wildman–Crippen MR) is 79.8 cm³/mol. The van der Waals surface area contributed by atoms with Crippen LogP contribution in [0.3, 0.4) is 0 Å². The predicted octanol–water partition coefficient (Wildman–Crippen LogP) is 0.127. The number of piperidine rings is 1. The van der Waals surface area contributed by atoms with Crippen molar-refractivity contribution >= 4 is 11.8 Å². The van der Waals surface area contributed by atoms with Gasteiger partial charge in [0, 0.05) is 31.6 Å². The average Bonchev–Trinajstić information content (AvgIpc) is 2.47. The van der Waals surface area contributed by atoms with Gasteiger partial charge in [-0.2, -0.15) is 0 Å². The molecule has 2 aliphatic rings. The fourth-order valence-electron chi connectivity index (χ4n) is 2.82. The molecule has 2 heterocycles. The summed E-state index contributed by atoms with van der Waals surface area (Å²) in [7, 11) is 0. The van der Waals surface area contributed by atoms with E-state index in [2.05, 4.69) is 10.6 Å². The molecule has 6 nitrogen and oxygen atoms in total. The monoisotopic (exact) mass is 297 g/mol. The zero-order valence-electron chi connectivity index (χ0n) is 13.2. The summed E-state index contributed by atoms with van der Waals surface area (Å²) in [5.74, 6) is 0.223. The number of carbonyl (C=O) groups excluding carboxylic acids is 2. The second kappa shape index (κ2) is 7.22. The number of ether oxygens (including phenoxy) is 1. The van der Waals surface area contributed by atoms with Gasteiger partial charge >= 0.3 is 0 Å². The number of amides is 2.